The lowest BCUT2D eigenvalue weighted by Crippen LogP contribution is -2.61. The first kappa shape index (κ1) is 12.9. The average Bonchev–Trinajstić information content (AvgIpc) is 3.13. The molecule has 0 spiro atoms. The zero-order valence-electron chi connectivity index (χ0n) is 11.8. The van der Waals surface area contributed by atoms with Gasteiger partial charge in [0.2, 0.25) is 0 Å². The van der Waals surface area contributed by atoms with Crippen LogP contribution in [0.3, 0.4) is 0 Å². The first-order chi connectivity index (χ1) is 8.66. The maximum Gasteiger partial charge on any atom is 0.0829 e. The molecule has 104 valence electrons. The molecule has 0 bridgehead atoms. The highest BCUT2D eigenvalue weighted by Gasteiger charge is 2.44. The predicted molar refractivity (Wildman–Crippen MR) is 72.8 cm³/mol. The van der Waals surface area contributed by atoms with E-state index < -0.39 is 0 Å². The van der Waals surface area contributed by atoms with E-state index >= 15 is 0 Å². The first-order valence-corrected chi connectivity index (χ1v) is 7.43. The zero-order valence-corrected chi connectivity index (χ0v) is 11.8. The molecule has 2 heterocycles. The third kappa shape index (κ3) is 2.87. The second kappa shape index (κ2) is 5.08. The quantitative estimate of drug-likeness (QED) is 0.787. The summed E-state index contributed by atoms with van der Waals surface area (Å²) in [6.45, 7) is 10.1. The van der Waals surface area contributed by atoms with Crippen molar-refractivity contribution in [2.24, 2.45) is 5.92 Å². The molecular formula is C14H27N3O. The normalized spacial score (nSPS) is 40.0. The Morgan fingerprint density at radius 1 is 1.33 bits per heavy atom. The molecule has 1 N–H and O–H groups in total. The molecule has 0 radical (unpaired) electrons. The maximum atomic E-state index is 5.89. The Morgan fingerprint density at radius 2 is 2.17 bits per heavy atom. The molecule has 4 heteroatoms. The van der Waals surface area contributed by atoms with Crippen molar-refractivity contribution in [3.05, 3.63) is 0 Å². The first-order valence-electron chi connectivity index (χ1n) is 7.43. The Kier molecular flexibility index (Phi) is 3.63. The van der Waals surface area contributed by atoms with Crippen LogP contribution in [0.1, 0.15) is 19.8 Å². The topological polar surface area (TPSA) is 27.7 Å². The van der Waals surface area contributed by atoms with Gasteiger partial charge in [-0.05, 0) is 32.7 Å². The second-order valence-corrected chi connectivity index (χ2v) is 6.61. The van der Waals surface area contributed by atoms with Gasteiger partial charge in [-0.25, -0.2) is 0 Å². The summed E-state index contributed by atoms with van der Waals surface area (Å²) in [5.41, 5.74) is 0.360. The highest BCUT2D eigenvalue weighted by molar-refractivity contribution is 5.02. The molecule has 2 saturated heterocycles. The van der Waals surface area contributed by atoms with Crippen LogP contribution < -0.4 is 5.32 Å². The summed E-state index contributed by atoms with van der Waals surface area (Å²) in [5, 5.41) is 3.74. The SMILES string of the molecule is CN1CCOC(CN2CCNC(C)(C3CC3)C2)C1. The summed E-state index contributed by atoms with van der Waals surface area (Å²) in [4.78, 5) is 5.00. The zero-order chi connectivity index (χ0) is 12.6. The van der Waals surface area contributed by atoms with E-state index in [0.29, 0.717) is 11.6 Å². The number of hydrogen-bond donors (Lipinski definition) is 1. The van der Waals surface area contributed by atoms with Gasteiger partial charge in [-0.15, -0.1) is 0 Å². The van der Waals surface area contributed by atoms with Crippen LogP contribution in [0.2, 0.25) is 0 Å². The van der Waals surface area contributed by atoms with Crippen molar-refractivity contribution in [1.82, 2.24) is 15.1 Å². The maximum absolute atomic E-state index is 5.89. The molecular weight excluding hydrogens is 226 g/mol. The lowest BCUT2D eigenvalue weighted by molar-refractivity contribution is -0.0426. The van der Waals surface area contributed by atoms with Gasteiger partial charge in [0.05, 0.1) is 12.7 Å². The Bertz CT molecular complexity index is 295. The van der Waals surface area contributed by atoms with Gasteiger partial charge in [0.15, 0.2) is 0 Å². The third-order valence-corrected chi connectivity index (χ3v) is 4.79. The van der Waals surface area contributed by atoms with Crippen LogP contribution in [0, 0.1) is 5.92 Å². The van der Waals surface area contributed by atoms with Crippen molar-refractivity contribution in [1.29, 1.82) is 0 Å². The second-order valence-electron chi connectivity index (χ2n) is 6.61. The number of hydrogen-bond acceptors (Lipinski definition) is 4. The standard InChI is InChI=1S/C14H27N3O/c1-14(12-3-4-12)11-17(6-5-15-14)10-13-9-16(2)7-8-18-13/h12-13,15H,3-11H2,1-2H3. The van der Waals surface area contributed by atoms with Gasteiger partial charge in [-0.2, -0.15) is 0 Å². The van der Waals surface area contributed by atoms with Crippen molar-refractivity contribution in [3.8, 4) is 0 Å². The van der Waals surface area contributed by atoms with Crippen molar-refractivity contribution < 1.29 is 4.74 Å². The van der Waals surface area contributed by atoms with Crippen LogP contribution in [-0.2, 0) is 4.74 Å². The Labute approximate surface area is 111 Å². The van der Waals surface area contributed by atoms with Crippen molar-refractivity contribution in [2.45, 2.75) is 31.4 Å². The lowest BCUT2D eigenvalue weighted by atomic mass is 9.93. The van der Waals surface area contributed by atoms with E-state index in [-0.39, 0.29) is 0 Å². The number of rotatable bonds is 3. The Morgan fingerprint density at radius 3 is 2.89 bits per heavy atom. The molecule has 18 heavy (non-hydrogen) atoms. The minimum absolute atomic E-state index is 0.360. The number of nitrogens with zero attached hydrogens (tertiary/aromatic N) is 2. The van der Waals surface area contributed by atoms with Gasteiger partial charge in [0, 0.05) is 44.8 Å². The number of nitrogens with one attached hydrogen (secondary N) is 1. The van der Waals surface area contributed by atoms with Crippen LogP contribution in [-0.4, -0.2) is 74.4 Å². The van der Waals surface area contributed by atoms with Crippen molar-refractivity contribution >= 4 is 0 Å². The molecule has 3 rings (SSSR count). The third-order valence-electron chi connectivity index (χ3n) is 4.79. The molecule has 3 aliphatic rings. The fourth-order valence-corrected chi connectivity index (χ4v) is 3.51. The summed E-state index contributed by atoms with van der Waals surface area (Å²) >= 11 is 0. The van der Waals surface area contributed by atoms with Crippen LogP contribution >= 0.6 is 0 Å². The smallest absolute Gasteiger partial charge is 0.0829 e. The van der Waals surface area contributed by atoms with Gasteiger partial charge in [0.1, 0.15) is 0 Å². The van der Waals surface area contributed by atoms with E-state index in [1.165, 1.54) is 25.9 Å². The minimum Gasteiger partial charge on any atom is -0.374 e. The molecule has 2 aliphatic heterocycles. The lowest BCUT2D eigenvalue weighted by Gasteiger charge is -2.43. The molecule has 2 unspecified atom stereocenters. The Hall–Kier alpha value is -0.160. The number of morpholine rings is 1. The van der Waals surface area contributed by atoms with E-state index in [1.807, 2.05) is 0 Å². The molecule has 4 nitrogen and oxygen atoms in total. The van der Waals surface area contributed by atoms with Crippen molar-refractivity contribution in [2.75, 3.05) is 52.9 Å². The van der Waals surface area contributed by atoms with Gasteiger partial charge in [-0.1, -0.05) is 0 Å². The van der Waals surface area contributed by atoms with E-state index in [9.17, 15) is 0 Å². The average molecular weight is 253 g/mol. The van der Waals surface area contributed by atoms with Gasteiger partial charge < -0.3 is 15.0 Å². The number of piperazine rings is 1. The number of likely N-dealkylation sites (N-methyl/N-ethyl adjacent to an activating group) is 1. The summed E-state index contributed by atoms with van der Waals surface area (Å²) in [6.07, 6.45) is 3.24. The van der Waals surface area contributed by atoms with Gasteiger partial charge in [-0.3, -0.25) is 4.90 Å². The fraction of sp³-hybridized carbons (Fsp3) is 1.00. The van der Waals surface area contributed by atoms with E-state index in [2.05, 4.69) is 29.1 Å². The van der Waals surface area contributed by atoms with E-state index in [1.54, 1.807) is 0 Å². The van der Waals surface area contributed by atoms with Crippen LogP contribution in [0.4, 0.5) is 0 Å². The molecule has 0 amide bonds. The van der Waals surface area contributed by atoms with Crippen LogP contribution in [0.5, 0.6) is 0 Å². The molecule has 0 aromatic carbocycles. The summed E-state index contributed by atoms with van der Waals surface area (Å²) < 4.78 is 5.89. The summed E-state index contributed by atoms with van der Waals surface area (Å²) in [7, 11) is 2.20. The van der Waals surface area contributed by atoms with E-state index in [0.717, 1.165) is 38.7 Å². The predicted octanol–water partition coefficient (Wildman–Crippen LogP) is 0.391. The highest BCUT2D eigenvalue weighted by atomic mass is 16.5. The summed E-state index contributed by atoms with van der Waals surface area (Å²) in [6, 6.07) is 0. The van der Waals surface area contributed by atoms with Gasteiger partial charge in [0.25, 0.3) is 0 Å². The molecule has 0 aromatic rings. The molecule has 3 fully saturated rings. The fourth-order valence-electron chi connectivity index (χ4n) is 3.51. The van der Waals surface area contributed by atoms with Crippen LogP contribution in [0.25, 0.3) is 0 Å². The molecule has 1 aliphatic carbocycles. The Balaban J connectivity index is 1.52. The monoisotopic (exact) mass is 253 g/mol. The molecule has 1 saturated carbocycles. The van der Waals surface area contributed by atoms with Gasteiger partial charge >= 0.3 is 0 Å². The van der Waals surface area contributed by atoms with E-state index in [4.69, 9.17) is 4.74 Å². The highest BCUT2D eigenvalue weighted by Crippen LogP contribution is 2.40. The molecule has 0 aromatic heterocycles. The summed E-state index contributed by atoms with van der Waals surface area (Å²) in [5.74, 6) is 0.912. The van der Waals surface area contributed by atoms with Crippen LogP contribution in [0.15, 0.2) is 0 Å². The van der Waals surface area contributed by atoms with Crippen molar-refractivity contribution in [3.63, 3.8) is 0 Å². The largest absolute Gasteiger partial charge is 0.374 e. The number of ether oxygens (including phenoxy) is 1. The molecule has 2 atom stereocenters. The minimum atomic E-state index is 0.360.